The summed E-state index contributed by atoms with van der Waals surface area (Å²) in [6.45, 7) is 8.73. The highest BCUT2D eigenvalue weighted by atomic mass is 19.4. The van der Waals surface area contributed by atoms with Gasteiger partial charge >= 0.3 is 6.18 Å². The van der Waals surface area contributed by atoms with Gasteiger partial charge in [-0.05, 0) is 74.3 Å². The number of anilines is 2. The van der Waals surface area contributed by atoms with Crippen molar-refractivity contribution in [3.05, 3.63) is 106 Å². The number of hydrogen-bond acceptors (Lipinski definition) is 7. The maximum Gasteiger partial charge on any atom is 0.416 e. The molecule has 0 saturated carbocycles. The van der Waals surface area contributed by atoms with Crippen LogP contribution in [-0.4, -0.2) is 76.4 Å². The van der Waals surface area contributed by atoms with E-state index in [1.54, 1.807) is 24.4 Å². The number of imidazole rings is 1. The van der Waals surface area contributed by atoms with Crippen molar-refractivity contribution in [1.82, 2.24) is 29.6 Å². The van der Waals surface area contributed by atoms with Gasteiger partial charge in [-0.25, -0.2) is 10.4 Å². The zero-order valence-corrected chi connectivity index (χ0v) is 26.6. The Labute approximate surface area is 272 Å². The van der Waals surface area contributed by atoms with Gasteiger partial charge in [-0.3, -0.25) is 14.1 Å². The first-order valence-electron chi connectivity index (χ1n) is 15.6. The molecule has 4 heterocycles. The van der Waals surface area contributed by atoms with E-state index in [9.17, 15) is 18.0 Å². The van der Waals surface area contributed by atoms with Crippen LogP contribution in [0, 0.1) is 18.8 Å². The number of benzene rings is 2. The summed E-state index contributed by atoms with van der Waals surface area (Å²) in [6.07, 6.45) is 1.06. The minimum atomic E-state index is -4.55. The summed E-state index contributed by atoms with van der Waals surface area (Å²) < 4.78 is 44.1. The van der Waals surface area contributed by atoms with Gasteiger partial charge in [-0.15, -0.1) is 0 Å². The van der Waals surface area contributed by atoms with Gasteiger partial charge in [0.25, 0.3) is 5.91 Å². The fraction of sp³-hybridized carbons (Fsp3) is 0.314. The summed E-state index contributed by atoms with van der Waals surface area (Å²) in [5, 5.41) is 8.09. The molecule has 0 aliphatic carbocycles. The molecule has 244 valence electrons. The molecule has 9 nitrogen and oxygen atoms in total. The molecule has 2 aromatic carbocycles. The molecule has 6 rings (SSSR count). The summed E-state index contributed by atoms with van der Waals surface area (Å²) >= 11 is 0. The number of alkyl halides is 3. The number of aryl methyl sites for hydroxylation is 1. The zero-order valence-electron chi connectivity index (χ0n) is 26.6. The zero-order chi connectivity index (χ0) is 33.1. The van der Waals surface area contributed by atoms with Crippen molar-refractivity contribution in [3.8, 4) is 11.8 Å². The number of piperazine rings is 1. The molecule has 0 radical (unpaired) electrons. The van der Waals surface area contributed by atoms with E-state index in [4.69, 9.17) is 0 Å². The van der Waals surface area contributed by atoms with E-state index < -0.39 is 17.6 Å². The van der Waals surface area contributed by atoms with E-state index in [1.807, 2.05) is 52.8 Å². The normalized spacial score (nSPS) is 15.8. The average Bonchev–Trinajstić information content (AvgIpc) is 3.69. The highest BCUT2D eigenvalue weighted by Gasteiger charge is 2.34. The van der Waals surface area contributed by atoms with Crippen LogP contribution in [0.1, 0.15) is 45.2 Å². The third kappa shape index (κ3) is 7.44. The van der Waals surface area contributed by atoms with Gasteiger partial charge in [-0.2, -0.15) is 13.2 Å². The van der Waals surface area contributed by atoms with Crippen molar-refractivity contribution in [2.24, 2.45) is 0 Å². The Bertz CT molecular complexity index is 1880. The number of rotatable bonds is 7. The third-order valence-corrected chi connectivity index (χ3v) is 8.44. The minimum Gasteiger partial charge on any atom is -0.354 e. The monoisotopic (exact) mass is 642 g/mol. The molecule has 0 bridgehead atoms. The van der Waals surface area contributed by atoms with Crippen LogP contribution in [0.25, 0.3) is 5.65 Å². The van der Waals surface area contributed by atoms with Gasteiger partial charge < -0.3 is 20.5 Å². The molecule has 2 aromatic heterocycles. The Morgan fingerprint density at radius 3 is 2.62 bits per heavy atom. The van der Waals surface area contributed by atoms with Crippen LogP contribution in [0.2, 0.25) is 0 Å². The number of carbonyl (C=O) groups is 1. The van der Waals surface area contributed by atoms with E-state index in [2.05, 4.69) is 44.7 Å². The van der Waals surface area contributed by atoms with Gasteiger partial charge in [0.05, 0.1) is 24.0 Å². The Balaban J connectivity index is 1.19. The Morgan fingerprint density at radius 2 is 1.87 bits per heavy atom. The molecule has 1 saturated heterocycles. The maximum absolute atomic E-state index is 14.1. The first-order valence-corrected chi connectivity index (χ1v) is 15.6. The number of hydrazine groups is 1. The van der Waals surface area contributed by atoms with Crippen LogP contribution in [0.5, 0.6) is 0 Å². The van der Waals surface area contributed by atoms with Crippen LogP contribution in [0.15, 0.2) is 72.8 Å². The number of nitrogens with zero attached hydrogens (tertiary/aromatic N) is 5. The topological polar surface area (TPSA) is 80.2 Å². The smallest absolute Gasteiger partial charge is 0.354 e. The van der Waals surface area contributed by atoms with Gasteiger partial charge in [-0.1, -0.05) is 18.1 Å². The number of pyridine rings is 1. The van der Waals surface area contributed by atoms with Crippen LogP contribution < -0.4 is 16.1 Å². The van der Waals surface area contributed by atoms with Gasteiger partial charge in [0.2, 0.25) is 0 Å². The SMILES string of the molecule is CCN1C=C(Nc2cccn3c(C#Cc4cc(C(=O)Nc5ccc(CN6CCN(C)CC6)c(C(F)(F)F)c5)ccc4C)cnc23)CN1. The van der Waals surface area contributed by atoms with E-state index in [1.165, 1.54) is 12.1 Å². The first kappa shape index (κ1) is 32.1. The number of aromatic nitrogens is 2. The number of nitrogens with one attached hydrogen (secondary N) is 3. The van der Waals surface area contributed by atoms with Crippen molar-refractivity contribution in [2.45, 2.75) is 26.6 Å². The lowest BCUT2D eigenvalue weighted by Crippen LogP contribution is -2.44. The number of likely N-dealkylation sites (N-methyl/N-ethyl adjacent to an activating group) is 1. The molecule has 2 aliphatic heterocycles. The van der Waals surface area contributed by atoms with Crippen LogP contribution >= 0.6 is 0 Å². The van der Waals surface area contributed by atoms with Crippen LogP contribution in [0.3, 0.4) is 0 Å². The molecule has 0 spiro atoms. The van der Waals surface area contributed by atoms with Crippen LogP contribution in [-0.2, 0) is 12.7 Å². The lowest BCUT2D eigenvalue weighted by atomic mass is 10.0. The summed E-state index contributed by atoms with van der Waals surface area (Å²) in [5.74, 6) is 5.81. The molecule has 0 atom stereocenters. The van der Waals surface area contributed by atoms with Crippen molar-refractivity contribution >= 4 is 22.9 Å². The highest BCUT2D eigenvalue weighted by Crippen LogP contribution is 2.35. The predicted molar refractivity (Wildman–Crippen MR) is 177 cm³/mol. The molecule has 3 N–H and O–H groups in total. The van der Waals surface area contributed by atoms with E-state index in [0.717, 1.165) is 48.3 Å². The molecule has 1 amide bonds. The molecule has 2 aliphatic rings. The van der Waals surface area contributed by atoms with Crippen molar-refractivity contribution < 1.29 is 18.0 Å². The second kappa shape index (κ2) is 13.5. The van der Waals surface area contributed by atoms with E-state index in [0.29, 0.717) is 36.5 Å². The third-order valence-electron chi connectivity index (χ3n) is 8.44. The average molecular weight is 643 g/mol. The summed E-state index contributed by atoms with van der Waals surface area (Å²) in [4.78, 5) is 22.0. The molecule has 0 unspecified atom stereocenters. The number of hydrogen-bond donors (Lipinski definition) is 3. The lowest BCUT2D eigenvalue weighted by Gasteiger charge is -2.33. The number of carbonyl (C=O) groups excluding carboxylic acids is 1. The molecule has 4 aromatic rings. The fourth-order valence-corrected chi connectivity index (χ4v) is 5.65. The molecule has 12 heteroatoms. The standard InChI is InChI=1S/C35H37F3N8O/c1-4-45-23-29(20-40-45)41-32-6-5-13-46-30(21-39-33(32)46)12-10-25-18-26(8-7-24(25)2)34(47)42-28-11-9-27(31(19-28)35(36,37)38)22-44-16-14-43(3)15-17-44/h5-9,11,13,18-19,21,23,40-41H,4,14-17,20,22H2,1-3H3,(H,42,47). The second-order valence-electron chi connectivity index (χ2n) is 11.8. The minimum absolute atomic E-state index is 0.0827. The largest absolute Gasteiger partial charge is 0.416 e. The molecule has 1 fully saturated rings. The van der Waals surface area contributed by atoms with E-state index >= 15 is 0 Å². The summed E-state index contributed by atoms with van der Waals surface area (Å²) in [6, 6.07) is 13.0. The fourth-order valence-electron chi connectivity index (χ4n) is 5.65. The van der Waals surface area contributed by atoms with Gasteiger partial charge in [0.15, 0.2) is 5.65 Å². The number of fused-ring (bicyclic) bond motifs is 1. The predicted octanol–water partition coefficient (Wildman–Crippen LogP) is 5.15. The number of amides is 1. The van der Waals surface area contributed by atoms with Crippen LogP contribution in [0.4, 0.5) is 24.5 Å². The van der Waals surface area contributed by atoms with Crippen molar-refractivity contribution in [1.29, 1.82) is 0 Å². The number of halogens is 3. The summed E-state index contributed by atoms with van der Waals surface area (Å²) in [5.41, 5.74) is 7.86. The Kier molecular flexibility index (Phi) is 9.22. The molecular formula is C35H37F3N8O. The highest BCUT2D eigenvalue weighted by molar-refractivity contribution is 6.04. The Morgan fingerprint density at radius 1 is 1.06 bits per heavy atom. The maximum atomic E-state index is 14.1. The first-order chi connectivity index (χ1) is 22.6. The Hall–Kier alpha value is -4.83. The molecular weight excluding hydrogens is 605 g/mol. The van der Waals surface area contributed by atoms with Crippen molar-refractivity contribution in [2.75, 3.05) is 56.9 Å². The van der Waals surface area contributed by atoms with Gasteiger partial charge in [0.1, 0.15) is 5.69 Å². The quantitative estimate of drug-likeness (QED) is 0.241. The van der Waals surface area contributed by atoms with E-state index in [-0.39, 0.29) is 17.8 Å². The molecule has 47 heavy (non-hydrogen) atoms. The van der Waals surface area contributed by atoms with Gasteiger partial charge in [0, 0.05) is 74.2 Å². The lowest BCUT2D eigenvalue weighted by molar-refractivity contribution is -0.138. The van der Waals surface area contributed by atoms with Crippen molar-refractivity contribution in [3.63, 3.8) is 0 Å². The summed E-state index contributed by atoms with van der Waals surface area (Å²) in [7, 11) is 2.00. The second-order valence-corrected chi connectivity index (χ2v) is 11.8.